The van der Waals surface area contributed by atoms with Crippen molar-refractivity contribution in [2.45, 2.75) is 50.5 Å². The highest BCUT2D eigenvalue weighted by molar-refractivity contribution is 6.42. The number of hydrogen-bond acceptors (Lipinski definition) is 4. The van der Waals surface area contributed by atoms with Gasteiger partial charge in [0.2, 0.25) is 5.72 Å². The minimum Gasteiger partial charge on any atom is -0.466 e. The summed E-state index contributed by atoms with van der Waals surface area (Å²) in [5, 5.41) is 8.34. The van der Waals surface area contributed by atoms with Crippen LogP contribution < -0.4 is 4.74 Å². The number of hydrazone groups is 1. The molecule has 28 heavy (non-hydrogen) atoms. The van der Waals surface area contributed by atoms with Gasteiger partial charge in [0.15, 0.2) is 0 Å². The van der Waals surface area contributed by atoms with Crippen molar-refractivity contribution in [2.24, 2.45) is 5.10 Å². The van der Waals surface area contributed by atoms with Crippen LogP contribution in [0.4, 0.5) is 0 Å². The quantitative estimate of drug-likeness (QED) is 0.586. The predicted octanol–water partition coefficient (Wildman–Crippen LogP) is 5.82. The predicted molar refractivity (Wildman–Crippen MR) is 111 cm³/mol. The van der Waals surface area contributed by atoms with Crippen LogP contribution in [0.5, 0.6) is 5.75 Å². The fraction of sp³-hybridized carbons (Fsp3) is 0.409. The Morgan fingerprint density at radius 1 is 1.11 bits per heavy atom. The average molecular weight is 417 g/mol. The van der Waals surface area contributed by atoms with Crippen molar-refractivity contribution >= 4 is 28.9 Å². The number of halogens is 2. The Morgan fingerprint density at radius 3 is 2.71 bits per heavy atom. The Kier molecular flexibility index (Phi) is 4.17. The number of fused-ring (bicyclic) bond motifs is 4. The van der Waals surface area contributed by atoms with Crippen molar-refractivity contribution in [3.8, 4) is 5.75 Å². The van der Waals surface area contributed by atoms with Crippen LogP contribution in [0.1, 0.15) is 50.3 Å². The van der Waals surface area contributed by atoms with E-state index in [9.17, 15) is 0 Å². The van der Waals surface area contributed by atoms with Crippen molar-refractivity contribution in [1.29, 1.82) is 0 Å². The minimum absolute atomic E-state index is 0.142. The lowest BCUT2D eigenvalue weighted by atomic mass is 9.86. The Hall–Kier alpha value is -1.75. The zero-order valence-electron chi connectivity index (χ0n) is 15.9. The number of hydrogen-bond donors (Lipinski definition) is 0. The van der Waals surface area contributed by atoms with Crippen LogP contribution in [0.15, 0.2) is 47.6 Å². The molecule has 5 rings (SSSR count). The van der Waals surface area contributed by atoms with Crippen molar-refractivity contribution in [2.75, 3.05) is 6.61 Å². The number of ether oxygens (including phenoxy) is 2. The maximum absolute atomic E-state index is 6.63. The van der Waals surface area contributed by atoms with Gasteiger partial charge in [-0.25, -0.2) is 5.01 Å². The summed E-state index contributed by atoms with van der Waals surface area (Å²) in [5.74, 6) is 0.951. The Morgan fingerprint density at radius 2 is 1.93 bits per heavy atom. The van der Waals surface area contributed by atoms with E-state index < -0.39 is 5.72 Å². The van der Waals surface area contributed by atoms with E-state index in [0.29, 0.717) is 16.7 Å². The molecule has 1 saturated heterocycles. The number of para-hydroxylation sites is 1. The molecule has 4 nitrogen and oxygen atoms in total. The molecule has 0 aromatic heterocycles. The van der Waals surface area contributed by atoms with Gasteiger partial charge in [-0.05, 0) is 37.6 Å². The van der Waals surface area contributed by atoms with Gasteiger partial charge >= 0.3 is 0 Å². The van der Waals surface area contributed by atoms with Crippen LogP contribution in [-0.2, 0) is 4.74 Å². The van der Waals surface area contributed by atoms with E-state index in [0.717, 1.165) is 36.3 Å². The SMILES string of the molecule is CC1(C)C[C@@]2(CCO1)Oc1ccccc1[C@H]1CC(c3ccc(Cl)c(Cl)c3)=NN12. The molecule has 1 fully saturated rings. The molecule has 2 aromatic carbocycles. The third-order valence-electron chi connectivity index (χ3n) is 5.85. The summed E-state index contributed by atoms with van der Waals surface area (Å²) < 4.78 is 12.6. The number of benzene rings is 2. The zero-order chi connectivity index (χ0) is 19.5. The molecule has 3 heterocycles. The van der Waals surface area contributed by atoms with E-state index in [4.69, 9.17) is 37.8 Å². The standard InChI is InChI=1S/C22H22Cl2N2O2/c1-21(2)13-22(9-10-27-21)26-19(15-5-3-4-6-20(15)28-22)12-18(25-26)14-7-8-16(23)17(24)11-14/h3-8,11,19H,9-10,12-13H2,1-2H3/t19-,22-/m1/s1. The van der Waals surface area contributed by atoms with Gasteiger partial charge in [0, 0.05) is 24.8 Å². The molecule has 2 atom stereocenters. The highest BCUT2D eigenvalue weighted by atomic mass is 35.5. The molecular formula is C22H22Cl2N2O2. The van der Waals surface area contributed by atoms with Gasteiger partial charge in [-0.15, -0.1) is 0 Å². The van der Waals surface area contributed by atoms with Gasteiger partial charge in [-0.2, -0.15) is 5.10 Å². The molecule has 0 unspecified atom stereocenters. The molecule has 6 heteroatoms. The third-order valence-corrected chi connectivity index (χ3v) is 6.59. The summed E-state index contributed by atoms with van der Waals surface area (Å²) in [6, 6.07) is 14.1. The normalized spacial score (nSPS) is 27.8. The van der Waals surface area contributed by atoms with Gasteiger partial charge in [0.25, 0.3) is 0 Å². The van der Waals surface area contributed by atoms with Gasteiger partial charge < -0.3 is 9.47 Å². The molecule has 0 saturated carbocycles. The Bertz CT molecular complexity index is 975. The van der Waals surface area contributed by atoms with Crippen LogP contribution in [0.2, 0.25) is 10.0 Å². The van der Waals surface area contributed by atoms with E-state index in [1.807, 2.05) is 24.3 Å². The topological polar surface area (TPSA) is 34.1 Å². The Labute approximate surface area is 175 Å². The Balaban J connectivity index is 1.61. The van der Waals surface area contributed by atoms with E-state index in [-0.39, 0.29) is 11.6 Å². The van der Waals surface area contributed by atoms with E-state index in [2.05, 4.69) is 37.1 Å². The third kappa shape index (κ3) is 2.90. The lowest BCUT2D eigenvalue weighted by Gasteiger charge is -2.52. The van der Waals surface area contributed by atoms with E-state index in [1.54, 1.807) is 0 Å². The first kappa shape index (κ1) is 18.3. The van der Waals surface area contributed by atoms with E-state index in [1.165, 1.54) is 5.56 Å². The first-order valence-electron chi connectivity index (χ1n) is 9.61. The molecule has 2 aromatic rings. The molecular weight excluding hydrogens is 395 g/mol. The maximum atomic E-state index is 6.63. The second kappa shape index (κ2) is 6.38. The van der Waals surface area contributed by atoms with Crippen LogP contribution in [0.3, 0.4) is 0 Å². The van der Waals surface area contributed by atoms with Gasteiger partial charge in [0.05, 0.1) is 34.0 Å². The monoisotopic (exact) mass is 416 g/mol. The summed E-state index contributed by atoms with van der Waals surface area (Å²) in [6.45, 7) is 4.88. The van der Waals surface area contributed by atoms with Gasteiger partial charge in [-0.1, -0.05) is 47.5 Å². The second-order valence-electron chi connectivity index (χ2n) is 8.36. The largest absolute Gasteiger partial charge is 0.466 e. The lowest BCUT2D eigenvalue weighted by molar-refractivity contribution is -0.212. The van der Waals surface area contributed by atoms with Crippen LogP contribution in [0.25, 0.3) is 0 Å². The first-order valence-corrected chi connectivity index (χ1v) is 10.4. The molecule has 3 aliphatic heterocycles. The summed E-state index contributed by atoms with van der Waals surface area (Å²) in [6.07, 6.45) is 2.34. The molecule has 1 spiro atoms. The fourth-order valence-corrected chi connectivity index (χ4v) is 4.95. The molecule has 3 aliphatic rings. The molecule has 0 N–H and O–H groups in total. The molecule has 0 amide bonds. The summed E-state index contributed by atoms with van der Waals surface area (Å²) >= 11 is 12.4. The average Bonchev–Trinajstić information content (AvgIpc) is 3.10. The highest BCUT2D eigenvalue weighted by Crippen LogP contribution is 2.51. The summed E-state index contributed by atoms with van der Waals surface area (Å²) in [7, 11) is 0. The minimum atomic E-state index is -0.501. The molecule has 0 aliphatic carbocycles. The smallest absolute Gasteiger partial charge is 0.203 e. The van der Waals surface area contributed by atoms with Crippen molar-refractivity contribution in [1.82, 2.24) is 5.01 Å². The summed E-state index contributed by atoms with van der Waals surface area (Å²) in [5.41, 5.74) is 2.42. The fourth-order valence-electron chi connectivity index (χ4n) is 4.65. The second-order valence-corrected chi connectivity index (χ2v) is 9.18. The first-order chi connectivity index (χ1) is 13.4. The highest BCUT2D eigenvalue weighted by Gasteiger charge is 2.54. The summed E-state index contributed by atoms with van der Waals surface area (Å²) in [4.78, 5) is 0. The molecule has 0 radical (unpaired) electrons. The molecule has 0 bridgehead atoms. The molecule has 146 valence electrons. The lowest BCUT2D eigenvalue weighted by Crippen LogP contribution is -2.60. The van der Waals surface area contributed by atoms with Crippen LogP contribution in [0, 0.1) is 0 Å². The van der Waals surface area contributed by atoms with Crippen LogP contribution in [-0.4, -0.2) is 28.7 Å². The van der Waals surface area contributed by atoms with Crippen molar-refractivity contribution in [3.63, 3.8) is 0 Å². The zero-order valence-corrected chi connectivity index (χ0v) is 17.4. The van der Waals surface area contributed by atoms with E-state index >= 15 is 0 Å². The number of nitrogens with zero attached hydrogens (tertiary/aromatic N) is 2. The van der Waals surface area contributed by atoms with Gasteiger partial charge in [0.1, 0.15) is 5.75 Å². The van der Waals surface area contributed by atoms with Crippen molar-refractivity contribution in [3.05, 3.63) is 63.6 Å². The number of rotatable bonds is 1. The van der Waals surface area contributed by atoms with Gasteiger partial charge in [-0.3, -0.25) is 0 Å². The van der Waals surface area contributed by atoms with Crippen molar-refractivity contribution < 1.29 is 9.47 Å². The van der Waals surface area contributed by atoms with Crippen LogP contribution >= 0.6 is 23.2 Å². The maximum Gasteiger partial charge on any atom is 0.203 e.